The van der Waals surface area contributed by atoms with Crippen LogP contribution in [0, 0.1) is 6.92 Å². The quantitative estimate of drug-likeness (QED) is 0.727. The van der Waals surface area contributed by atoms with Gasteiger partial charge in [-0.3, -0.25) is 9.48 Å². The summed E-state index contributed by atoms with van der Waals surface area (Å²) in [6, 6.07) is 0.388. The number of anilines is 1. The van der Waals surface area contributed by atoms with E-state index < -0.39 is 0 Å². The summed E-state index contributed by atoms with van der Waals surface area (Å²) in [5.41, 5.74) is 1.90. The second-order valence-electron chi connectivity index (χ2n) is 5.12. The number of carbonyl (C=O) groups is 1. The van der Waals surface area contributed by atoms with Crippen LogP contribution in [-0.2, 0) is 17.9 Å². The third kappa shape index (κ3) is 3.37. The number of amides is 1. The number of nitrogens with zero attached hydrogens (tertiary/aromatic N) is 3. The number of rotatable bonds is 6. The molecule has 106 valence electrons. The number of imidazole rings is 1. The van der Waals surface area contributed by atoms with Gasteiger partial charge in [0, 0.05) is 12.2 Å². The second-order valence-corrected chi connectivity index (χ2v) is 5.12. The van der Waals surface area contributed by atoms with Crippen molar-refractivity contribution < 1.29 is 4.79 Å². The fourth-order valence-electron chi connectivity index (χ4n) is 1.95. The van der Waals surface area contributed by atoms with Crippen molar-refractivity contribution in [1.29, 1.82) is 0 Å². The second kappa shape index (κ2) is 5.36. The lowest BCUT2D eigenvalue weighted by molar-refractivity contribution is -0.122. The molecule has 1 fully saturated rings. The molecule has 7 nitrogen and oxygen atoms in total. The summed E-state index contributed by atoms with van der Waals surface area (Å²) < 4.78 is 1.64. The summed E-state index contributed by atoms with van der Waals surface area (Å²) in [6.45, 7) is 2.84. The molecule has 20 heavy (non-hydrogen) atoms. The van der Waals surface area contributed by atoms with Crippen LogP contribution in [0.15, 0.2) is 18.6 Å². The zero-order valence-electron chi connectivity index (χ0n) is 11.4. The molecule has 0 aliphatic heterocycles. The number of aromatic amines is 1. The van der Waals surface area contributed by atoms with E-state index in [0.29, 0.717) is 12.6 Å². The summed E-state index contributed by atoms with van der Waals surface area (Å²) in [5, 5.41) is 10.3. The topological polar surface area (TPSA) is 87.6 Å². The minimum absolute atomic E-state index is 0.0198. The predicted molar refractivity (Wildman–Crippen MR) is 74.0 cm³/mol. The first-order valence-corrected chi connectivity index (χ1v) is 6.75. The number of aromatic nitrogens is 4. The number of hydrogen-bond acceptors (Lipinski definition) is 4. The minimum atomic E-state index is 0.0198. The van der Waals surface area contributed by atoms with E-state index in [4.69, 9.17) is 0 Å². The van der Waals surface area contributed by atoms with Gasteiger partial charge in [-0.05, 0) is 19.8 Å². The minimum Gasteiger partial charge on any atom is -0.377 e. The Balaban J connectivity index is 1.49. The lowest BCUT2D eigenvalue weighted by Gasteiger charge is -2.03. The maximum atomic E-state index is 11.6. The highest BCUT2D eigenvalue weighted by atomic mass is 16.2. The molecule has 0 aromatic carbocycles. The van der Waals surface area contributed by atoms with Crippen LogP contribution in [0.4, 0.5) is 5.69 Å². The van der Waals surface area contributed by atoms with Gasteiger partial charge in [0.1, 0.15) is 12.4 Å². The van der Waals surface area contributed by atoms with Gasteiger partial charge in [-0.25, -0.2) is 4.98 Å². The molecule has 0 saturated heterocycles. The molecule has 0 unspecified atom stereocenters. The van der Waals surface area contributed by atoms with E-state index in [1.165, 1.54) is 0 Å². The van der Waals surface area contributed by atoms with Crippen molar-refractivity contribution in [2.75, 3.05) is 5.32 Å². The van der Waals surface area contributed by atoms with Crippen LogP contribution in [0.2, 0.25) is 0 Å². The largest absolute Gasteiger partial charge is 0.377 e. The van der Waals surface area contributed by atoms with Crippen molar-refractivity contribution >= 4 is 11.6 Å². The van der Waals surface area contributed by atoms with Crippen LogP contribution in [0.5, 0.6) is 0 Å². The third-order valence-electron chi connectivity index (χ3n) is 3.12. The van der Waals surface area contributed by atoms with Crippen molar-refractivity contribution in [3.63, 3.8) is 0 Å². The molecule has 0 atom stereocenters. The van der Waals surface area contributed by atoms with E-state index in [2.05, 4.69) is 25.7 Å². The van der Waals surface area contributed by atoms with Gasteiger partial charge < -0.3 is 15.6 Å². The Kier molecular flexibility index (Phi) is 3.41. The Labute approximate surface area is 116 Å². The van der Waals surface area contributed by atoms with E-state index in [1.807, 2.05) is 13.1 Å². The monoisotopic (exact) mass is 274 g/mol. The van der Waals surface area contributed by atoms with Crippen LogP contribution >= 0.6 is 0 Å². The van der Waals surface area contributed by atoms with E-state index in [-0.39, 0.29) is 12.5 Å². The Morgan fingerprint density at radius 2 is 2.35 bits per heavy atom. The van der Waals surface area contributed by atoms with Crippen LogP contribution in [0.1, 0.15) is 24.4 Å². The Morgan fingerprint density at radius 3 is 3.05 bits per heavy atom. The van der Waals surface area contributed by atoms with Crippen molar-refractivity contribution in [2.24, 2.45) is 0 Å². The Morgan fingerprint density at radius 1 is 1.50 bits per heavy atom. The average molecular weight is 274 g/mol. The first-order chi connectivity index (χ1) is 9.69. The van der Waals surface area contributed by atoms with Crippen molar-refractivity contribution in [1.82, 2.24) is 25.1 Å². The van der Waals surface area contributed by atoms with E-state index in [0.717, 1.165) is 30.0 Å². The fourth-order valence-corrected chi connectivity index (χ4v) is 1.95. The van der Waals surface area contributed by atoms with Crippen LogP contribution in [0.25, 0.3) is 0 Å². The lowest BCUT2D eigenvalue weighted by Crippen LogP contribution is -2.29. The molecule has 0 bridgehead atoms. The summed E-state index contributed by atoms with van der Waals surface area (Å²) >= 11 is 0. The molecule has 3 rings (SSSR count). The number of hydrogen-bond donors (Lipinski definition) is 3. The zero-order chi connectivity index (χ0) is 13.9. The van der Waals surface area contributed by atoms with Crippen molar-refractivity contribution in [3.8, 4) is 0 Å². The molecule has 2 heterocycles. The number of aryl methyl sites for hydroxylation is 1. The van der Waals surface area contributed by atoms with Gasteiger partial charge in [0.2, 0.25) is 5.91 Å². The van der Waals surface area contributed by atoms with Crippen LogP contribution in [0.3, 0.4) is 0 Å². The van der Waals surface area contributed by atoms with Gasteiger partial charge in [0.15, 0.2) is 0 Å². The van der Waals surface area contributed by atoms with Crippen LogP contribution < -0.4 is 10.6 Å². The van der Waals surface area contributed by atoms with Crippen molar-refractivity contribution in [3.05, 3.63) is 30.1 Å². The molecule has 2 aromatic heterocycles. The van der Waals surface area contributed by atoms with E-state index in [1.54, 1.807) is 17.1 Å². The highest BCUT2D eigenvalue weighted by molar-refractivity contribution is 5.76. The molecule has 3 N–H and O–H groups in total. The first-order valence-electron chi connectivity index (χ1n) is 6.75. The summed E-state index contributed by atoms with van der Waals surface area (Å²) in [7, 11) is 0. The lowest BCUT2D eigenvalue weighted by atomic mass is 10.4. The molecular formula is C13H18N6O. The summed E-state index contributed by atoms with van der Waals surface area (Å²) in [5.74, 6) is 0.917. The maximum absolute atomic E-state index is 11.6. The van der Waals surface area contributed by atoms with Gasteiger partial charge in [-0.1, -0.05) is 0 Å². The van der Waals surface area contributed by atoms with Gasteiger partial charge in [0.25, 0.3) is 0 Å². The predicted octanol–water partition coefficient (Wildman–Crippen LogP) is 0.805. The number of nitrogens with one attached hydrogen (secondary N) is 3. The van der Waals surface area contributed by atoms with Gasteiger partial charge in [-0.15, -0.1) is 0 Å². The van der Waals surface area contributed by atoms with Gasteiger partial charge in [0.05, 0.1) is 30.3 Å². The van der Waals surface area contributed by atoms with E-state index in [9.17, 15) is 4.79 Å². The molecule has 1 amide bonds. The Bertz CT molecular complexity index is 598. The number of carbonyl (C=O) groups excluding carboxylic acids is 1. The van der Waals surface area contributed by atoms with Crippen molar-refractivity contribution in [2.45, 2.75) is 38.9 Å². The zero-order valence-corrected chi connectivity index (χ0v) is 11.4. The van der Waals surface area contributed by atoms with E-state index >= 15 is 0 Å². The van der Waals surface area contributed by atoms with Crippen LogP contribution in [-0.4, -0.2) is 31.7 Å². The smallest absolute Gasteiger partial charge is 0.241 e. The molecule has 1 saturated carbocycles. The highest BCUT2D eigenvalue weighted by Crippen LogP contribution is 2.18. The number of H-pyrrole nitrogens is 1. The molecular weight excluding hydrogens is 256 g/mol. The highest BCUT2D eigenvalue weighted by Gasteiger charge is 2.23. The Hall–Kier alpha value is -2.31. The SMILES string of the molecule is Cc1ncc(CNc2cnn(CC(=O)NC3CC3)c2)[nH]1. The first kappa shape index (κ1) is 12.7. The third-order valence-corrected chi connectivity index (χ3v) is 3.12. The standard InChI is InChI=1S/C13H18N6O/c1-9-14-4-11(17-9)5-15-12-6-16-19(7-12)8-13(20)18-10-2-3-10/h4,6-7,10,15H,2-3,5,8H2,1H3,(H,14,17)(H,18,20). The molecule has 2 aromatic rings. The van der Waals surface area contributed by atoms with Gasteiger partial charge >= 0.3 is 0 Å². The molecule has 7 heteroatoms. The molecule has 0 radical (unpaired) electrons. The average Bonchev–Trinajstić information content (AvgIpc) is 2.94. The normalized spacial score (nSPS) is 14.2. The molecule has 0 spiro atoms. The molecule has 1 aliphatic rings. The molecule has 1 aliphatic carbocycles. The summed E-state index contributed by atoms with van der Waals surface area (Å²) in [6.07, 6.45) is 7.54. The van der Waals surface area contributed by atoms with Gasteiger partial charge in [-0.2, -0.15) is 5.10 Å². The summed E-state index contributed by atoms with van der Waals surface area (Å²) in [4.78, 5) is 18.9. The maximum Gasteiger partial charge on any atom is 0.241 e. The fraction of sp³-hybridized carbons (Fsp3) is 0.462.